The molecule has 1 aromatic heterocycles. The first-order valence-electron chi connectivity index (χ1n) is 10.0. The van der Waals surface area contributed by atoms with Crippen LogP contribution in [0.4, 0.5) is 5.69 Å². The molecule has 2 aromatic carbocycles. The number of rotatable bonds is 7. The molecule has 2 amide bonds. The number of benzene rings is 2. The first-order chi connectivity index (χ1) is 15.1. The molecule has 7 heteroatoms. The number of ether oxygens (including phenoxy) is 1. The van der Waals surface area contributed by atoms with E-state index in [1.807, 2.05) is 66.2 Å². The third-order valence-corrected chi connectivity index (χ3v) is 7.10. The molecular weight excluding hydrogens is 428 g/mol. The summed E-state index contributed by atoms with van der Waals surface area (Å²) < 4.78 is 5.27. The Labute approximate surface area is 190 Å². The second-order valence-corrected chi connectivity index (χ2v) is 9.10. The molecule has 0 spiro atoms. The number of hydrogen-bond donors (Lipinski definition) is 1. The molecular formula is C24H24N2O3S2. The summed E-state index contributed by atoms with van der Waals surface area (Å²) in [7, 11) is 1.62. The lowest BCUT2D eigenvalue weighted by molar-refractivity contribution is -0.119. The maximum Gasteiger partial charge on any atom is 0.254 e. The molecule has 0 aliphatic carbocycles. The van der Waals surface area contributed by atoms with E-state index in [2.05, 4.69) is 5.32 Å². The molecule has 2 atom stereocenters. The zero-order valence-corrected chi connectivity index (χ0v) is 19.0. The predicted molar refractivity (Wildman–Crippen MR) is 126 cm³/mol. The molecule has 0 bridgehead atoms. The number of amides is 2. The fourth-order valence-corrected chi connectivity index (χ4v) is 5.34. The first kappa shape index (κ1) is 21.6. The number of thiophene rings is 1. The number of nitrogens with zero attached hydrogens (tertiary/aromatic N) is 1. The predicted octanol–water partition coefficient (Wildman–Crippen LogP) is 5.04. The van der Waals surface area contributed by atoms with Crippen molar-refractivity contribution in [1.82, 2.24) is 4.90 Å². The van der Waals surface area contributed by atoms with Crippen molar-refractivity contribution in [3.05, 3.63) is 82.0 Å². The summed E-state index contributed by atoms with van der Waals surface area (Å²) in [5.41, 5.74) is 2.09. The Morgan fingerprint density at radius 3 is 2.74 bits per heavy atom. The molecule has 1 N–H and O–H groups in total. The standard InChI is InChI=1S/C24H24N2O3S2/c1-29-13-12-26-22(20-11-6-14-31-20)21(18-9-3-4-10-19(18)24(26)28)23(27)25-16-7-5-8-17(15-16)30-2/h3-11,14-15,21-22H,12-13H2,1-2H3,(H,25,27)/t21-,22-/m0/s1. The van der Waals surface area contributed by atoms with Crippen molar-refractivity contribution in [3.63, 3.8) is 0 Å². The lowest BCUT2D eigenvalue weighted by Gasteiger charge is -2.41. The van der Waals surface area contributed by atoms with Crippen LogP contribution < -0.4 is 5.32 Å². The Morgan fingerprint density at radius 1 is 1.16 bits per heavy atom. The van der Waals surface area contributed by atoms with Crippen molar-refractivity contribution in [2.45, 2.75) is 16.9 Å². The quantitative estimate of drug-likeness (QED) is 0.511. The molecule has 0 radical (unpaired) electrons. The van der Waals surface area contributed by atoms with Crippen LogP contribution in [0.15, 0.2) is 70.9 Å². The minimum absolute atomic E-state index is 0.0699. The van der Waals surface area contributed by atoms with E-state index in [4.69, 9.17) is 4.74 Å². The van der Waals surface area contributed by atoms with Crippen molar-refractivity contribution in [3.8, 4) is 0 Å². The maximum absolute atomic E-state index is 13.7. The van der Waals surface area contributed by atoms with Crippen LogP contribution in [0.3, 0.4) is 0 Å². The van der Waals surface area contributed by atoms with Crippen molar-refractivity contribution in [2.24, 2.45) is 0 Å². The van der Waals surface area contributed by atoms with E-state index >= 15 is 0 Å². The molecule has 0 unspecified atom stereocenters. The van der Waals surface area contributed by atoms with Gasteiger partial charge in [0.15, 0.2) is 0 Å². The zero-order chi connectivity index (χ0) is 21.8. The van der Waals surface area contributed by atoms with Crippen molar-refractivity contribution in [2.75, 3.05) is 31.8 Å². The average molecular weight is 453 g/mol. The molecule has 0 fully saturated rings. The summed E-state index contributed by atoms with van der Waals surface area (Å²) in [4.78, 5) is 30.9. The molecule has 0 saturated carbocycles. The molecule has 4 rings (SSSR count). The van der Waals surface area contributed by atoms with Gasteiger partial charge in [0.05, 0.1) is 18.6 Å². The van der Waals surface area contributed by atoms with Crippen LogP contribution in [-0.4, -0.2) is 43.2 Å². The average Bonchev–Trinajstić information content (AvgIpc) is 3.33. The van der Waals surface area contributed by atoms with Gasteiger partial charge in [-0.25, -0.2) is 0 Å². The van der Waals surface area contributed by atoms with E-state index in [0.29, 0.717) is 18.7 Å². The second kappa shape index (κ2) is 9.68. The number of nitrogens with one attached hydrogen (secondary N) is 1. The number of carbonyl (C=O) groups is 2. The zero-order valence-electron chi connectivity index (χ0n) is 17.4. The van der Waals surface area contributed by atoms with Gasteiger partial charge in [-0.1, -0.05) is 30.3 Å². The molecule has 1 aliphatic heterocycles. The van der Waals surface area contributed by atoms with Gasteiger partial charge in [0.1, 0.15) is 0 Å². The van der Waals surface area contributed by atoms with E-state index in [0.717, 1.165) is 21.0 Å². The van der Waals surface area contributed by atoms with Crippen molar-refractivity contribution < 1.29 is 14.3 Å². The van der Waals surface area contributed by atoms with Gasteiger partial charge in [-0.05, 0) is 47.5 Å². The fourth-order valence-electron chi connectivity index (χ4n) is 4.01. The van der Waals surface area contributed by atoms with Crippen LogP contribution in [-0.2, 0) is 9.53 Å². The number of hydrogen-bond acceptors (Lipinski definition) is 5. The molecule has 31 heavy (non-hydrogen) atoms. The Bertz CT molecular complexity index is 1070. The third kappa shape index (κ3) is 4.39. The highest BCUT2D eigenvalue weighted by Crippen LogP contribution is 2.44. The number of anilines is 1. The summed E-state index contributed by atoms with van der Waals surface area (Å²) in [5.74, 6) is -0.721. The van der Waals surface area contributed by atoms with Gasteiger partial charge in [0.2, 0.25) is 5.91 Å². The van der Waals surface area contributed by atoms with Crippen molar-refractivity contribution in [1.29, 1.82) is 0 Å². The van der Waals surface area contributed by atoms with Gasteiger partial charge in [0, 0.05) is 34.7 Å². The van der Waals surface area contributed by atoms with Crippen LogP contribution in [0.5, 0.6) is 0 Å². The summed E-state index contributed by atoms with van der Waals surface area (Å²) in [6.45, 7) is 0.817. The Morgan fingerprint density at radius 2 is 2.00 bits per heavy atom. The van der Waals surface area contributed by atoms with Gasteiger partial charge in [0.25, 0.3) is 5.91 Å². The summed E-state index contributed by atoms with van der Waals surface area (Å²) in [6, 6.07) is 18.8. The third-order valence-electron chi connectivity index (χ3n) is 5.43. The van der Waals surface area contributed by atoms with Gasteiger partial charge in [-0.2, -0.15) is 0 Å². The monoisotopic (exact) mass is 452 g/mol. The Kier molecular flexibility index (Phi) is 6.75. The van der Waals surface area contributed by atoms with Gasteiger partial charge >= 0.3 is 0 Å². The van der Waals surface area contributed by atoms with Crippen LogP contribution in [0.2, 0.25) is 0 Å². The van der Waals surface area contributed by atoms with Crippen molar-refractivity contribution >= 4 is 40.6 Å². The van der Waals surface area contributed by atoms with Gasteiger partial charge in [-0.3, -0.25) is 9.59 Å². The maximum atomic E-state index is 13.7. The topological polar surface area (TPSA) is 58.6 Å². The van der Waals surface area contributed by atoms with Gasteiger partial charge in [-0.15, -0.1) is 23.1 Å². The fraction of sp³-hybridized carbons (Fsp3) is 0.250. The van der Waals surface area contributed by atoms with E-state index in [9.17, 15) is 9.59 Å². The van der Waals surface area contributed by atoms with Crippen LogP contribution in [0.25, 0.3) is 0 Å². The number of fused-ring (bicyclic) bond motifs is 1. The molecule has 0 saturated heterocycles. The van der Waals surface area contributed by atoms with Crippen LogP contribution in [0.1, 0.15) is 32.8 Å². The summed E-state index contributed by atoms with van der Waals surface area (Å²) in [6.07, 6.45) is 2.00. The first-order valence-corrected chi connectivity index (χ1v) is 12.1. The Hall–Kier alpha value is -2.61. The van der Waals surface area contributed by atoms with E-state index in [-0.39, 0.29) is 17.9 Å². The lowest BCUT2D eigenvalue weighted by atomic mass is 9.81. The van der Waals surface area contributed by atoms with E-state index < -0.39 is 5.92 Å². The number of carbonyl (C=O) groups excluding carboxylic acids is 2. The highest BCUT2D eigenvalue weighted by Gasteiger charge is 2.44. The largest absolute Gasteiger partial charge is 0.383 e. The summed E-state index contributed by atoms with van der Waals surface area (Å²) in [5, 5.41) is 5.07. The summed E-state index contributed by atoms with van der Waals surface area (Å²) >= 11 is 3.18. The van der Waals surface area contributed by atoms with E-state index in [1.54, 1.807) is 41.2 Å². The Balaban J connectivity index is 1.78. The van der Waals surface area contributed by atoms with Crippen LogP contribution in [0, 0.1) is 0 Å². The lowest BCUT2D eigenvalue weighted by Crippen LogP contribution is -2.47. The highest BCUT2D eigenvalue weighted by atomic mass is 32.2. The van der Waals surface area contributed by atoms with E-state index in [1.165, 1.54) is 0 Å². The smallest absolute Gasteiger partial charge is 0.254 e. The molecule has 2 heterocycles. The minimum Gasteiger partial charge on any atom is -0.383 e. The molecule has 3 aromatic rings. The van der Waals surface area contributed by atoms with Gasteiger partial charge < -0.3 is 15.0 Å². The normalized spacial score (nSPS) is 18.0. The SMILES string of the molecule is COCCN1C(=O)c2ccccc2[C@H](C(=O)Nc2cccc(SC)c2)[C@@H]1c1cccs1. The second-order valence-electron chi connectivity index (χ2n) is 7.24. The van der Waals surface area contributed by atoms with Crippen LogP contribution >= 0.6 is 23.1 Å². The molecule has 160 valence electrons. The molecule has 5 nitrogen and oxygen atoms in total. The number of methoxy groups -OCH3 is 1. The minimum atomic E-state index is -0.526. The molecule has 1 aliphatic rings. The number of thioether (sulfide) groups is 1. The highest BCUT2D eigenvalue weighted by molar-refractivity contribution is 7.98.